The summed E-state index contributed by atoms with van der Waals surface area (Å²) in [4.78, 5) is 19.9. The van der Waals surface area contributed by atoms with Gasteiger partial charge < -0.3 is 15.5 Å². The van der Waals surface area contributed by atoms with E-state index in [4.69, 9.17) is 5.73 Å². The van der Waals surface area contributed by atoms with Gasteiger partial charge >= 0.3 is 0 Å². The van der Waals surface area contributed by atoms with Gasteiger partial charge in [0.2, 0.25) is 5.91 Å². The minimum atomic E-state index is 0.0707. The summed E-state index contributed by atoms with van der Waals surface area (Å²) >= 11 is 0. The molecule has 2 heterocycles. The van der Waals surface area contributed by atoms with E-state index in [1.165, 1.54) is 0 Å². The zero-order valence-corrected chi connectivity index (χ0v) is 11.0. The van der Waals surface area contributed by atoms with Crippen molar-refractivity contribution in [2.45, 2.75) is 12.8 Å². The van der Waals surface area contributed by atoms with Crippen LogP contribution in [0, 0.1) is 5.92 Å². The van der Waals surface area contributed by atoms with E-state index in [0.29, 0.717) is 5.69 Å². The molecule has 2 rings (SSSR count). The smallest absolute Gasteiger partial charge is 0.226 e. The lowest BCUT2D eigenvalue weighted by atomic mass is 9.96. The minimum absolute atomic E-state index is 0.0707. The number of nitrogens with two attached hydrogens (primary N) is 1. The fraction of sp³-hybridized carbons (Fsp3) is 0.538. The first-order chi connectivity index (χ1) is 8.59. The van der Waals surface area contributed by atoms with Crippen LogP contribution >= 0.6 is 0 Å². The average Bonchev–Trinajstić information content (AvgIpc) is 2.38. The third kappa shape index (κ3) is 2.55. The van der Waals surface area contributed by atoms with Gasteiger partial charge in [0.15, 0.2) is 0 Å². The first-order valence-electron chi connectivity index (χ1n) is 6.25. The van der Waals surface area contributed by atoms with Crippen LogP contribution < -0.4 is 10.6 Å². The predicted octanol–water partition coefficient (Wildman–Crippen LogP) is 0.968. The molecule has 1 amide bonds. The van der Waals surface area contributed by atoms with Crippen LogP contribution in [0.5, 0.6) is 0 Å². The number of piperidine rings is 1. The van der Waals surface area contributed by atoms with Gasteiger partial charge in [0.25, 0.3) is 0 Å². The number of rotatable bonds is 2. The number of nitrogen functional groups attached to an aromatic ring is 1. The van der Waals surface area contributed by atoms with E-state index in [1.807, 2.05) is 20.2 Å². The molecule has 0 spiro atoms. The van der Waals surface area contributed by atoms with Crippen LogP contribution in [0.1, 0.15) is 12.8 Å². The number of amides is 1. The summed E-state index contributed by atoms with van der Waals surface area (Å²) in [6.07, 6.45) is 5.38. The second kappa shape index (κ2) is 5.25. The molecule has 1 aromatic rings. The summed E-state index contributed by atoms with van der Waals surface area (Å²) in [6.45, 7) is 1.69. The van der Waals surface area contributed by atoms with E-state index >= 15 is 0 Å². The number of anilines is 2. The highest BCUT2D eigenvalue weighted by molar-refractivity contribution is 5.79. The van der Waals surface area contributed by atoms with Crippen molar-refractivity contribution in [1.82, 2.24) is 9.88 Å². The van der Waals surface area contributed by atoms with E-state index in [9.17, 15) is 4.79 Å². The lowest BCUT2D eigenvalue weighted by molar-refractivity contribution is -0.133. The molecule has 1 fully saturated rings. The maximum atomic E-state index is 12.0. The lowest BCUT2D eigenvalue weighted by Gasteiger charge is -2.35. The van der Waals surface area contributed by atoms with Gasteiger partial charge in [-0.25, -0.2) is 0 Å². The largest absolute Gasteiger partial charge is 0.396 e. The zero-order chi connectivity index (χ0) is 13.1. The first kappa shape index (κ1) is 12.7. The summed E-state index contributed by atoms with van der Waals surface area (Å²) in [5.74, 6) is 0.272. The number of pyridine rings is 1. The van der Waals surface area contributed by atoms with Gasteiger partial charge in [0.1, 0.15) is 0 Å². The quantitative estimate of drug-likeness (QED) is 0.847. The third-order valence-corrected chi connectivity index (χ3v) is 3.38. The second-order valence-electron chi connectivity index (χ2n) is 4.95. The number of nitrogens with zero attached hydrogens (tertiary/aromatic N) is 3. The van der Waals surface area contributed by atoms with Crippen molar-refractivity contribution in [3.63, 3.8) is 0 Å². The lowest BCUT2D eigenvalue weighted by Crippen LogP contribution is -2.42. The van der Waals surface area contributed by atoms with Crippen LogP contribution in [0.25, 0.3) is 0 Å². The number of carbonyl (C=O) groups is 1. The van der Waals surface area contributed by atoms with Crippen LogP contribution in [-0.4, -0.2) is 43.0 Å². The Balaban J connectivity index is 2.12. The highest BCUT2D eigenvalue weighted by Crippen LogP contribution is 2.27. The van der Waals surface area contributed by atoms with Crippen molar-refractivity contribution in [2.24, 2.45) is 5.92 Å². The molecule has 0 bridgehead atoms. The molecule has 1 aliphatic heterocycles. The minimum Gasteiger partial charge on any atom is -0.396 e. The maximum Gasteiger partial charge on any atom is 0.226 e. The fourth-order valence-corrected chi connectivity index (χ4v) is 2.45. The van der Waals surface area contributed by atoms with Crippen LogP contribution in [0.2, 0.25) is 0 Å². The molecule has 1 atom stereocenters. The van der Waals surface area contributed by atoms with Gasteiger partial charge in [-0.15, -0.1) is 0 Å². The predicted molar refractivity (Wildman–Crippen MR) is 72.3 cm³/mol. The molecule has 18 heavy (non-hydrogen) atoms. The molecule has 1 unspecified atom stereocenters. The summed E-state index contributed by atoms with van der Waals surface area (Å²) in [7, 11) is 3.62. The molecule has 1 aliphatic rings. The Morgan fingerprint density at radius 2 is 2.33 bits per heavy atom. The van der Waals surface area contributed by atoms with E-state index in [0.717, 1.165) is 31.6 Å². The molecule has 5 nitrogen and oxygen atoms in total. The van der Waals surface area contributed by atoms with Gasteiger partial charge in [0.05, 0.1) is 23.5 Å². The van der Waals surface area contributed by atoms with Crippen LogP contribution in [0.15, 0.2) is 18.5 Å². The number of hydrogen-bond acceptors (Lipinski definition) is 4. The van der Waals surface area contributed by atoms with Gasteiger partial charge in [-0.3, -0.25) is 9.78 Å². The van der Waals surface area contributed by atoms with E-state index in [2.05, 4.69) is 9.88 Å². The Morgan fingerprint density at radius 1 is 1.56 bits per heavy atom. The molecule has 0 saturated carbocycles. The standard InChI is InChI=1S/C13H20N4O/c1-16(2)13(18)10-4-3-7-17(9-10)12-5-6-15-8-11(12)14/h5-6,8,10H,3-4,7,9,14H2,1-2H3. The fourth-order valence-electron chi connectivity index (χ4n) is 2.45. The molecule has 1 saturated heterocycles. The monoisotopic (exact) mass is 248 g/mol. The Bertz CT molecular complexity index is 433. The molecule has 5 heteroatoms. The molecule has 98 valence electrons. The highest BCUT2D eigenvalue weighted by Gasteiger charge is 2.27. The molecule has 0 aliphatic carbocycles. The Kier molecular flexibility index (Phi) is 3.69. The SMILES string of the molecule is CN(C)C(=O)C1CCCN(c2ccncc2N)C1. The molecular weight excluding hydrogens is 228 g/mol. The second-order valence-corrected chi connectivity index (χ2v) is 4.95. The van der Waals surface area contributed by atoms with Crippen molar-refractivity contribution in [3.8, 4) is 0 Å². The van der Waals surface area contributed by atoms with E-state index in [1.54, 1.807) is 17.3 Å². The van der Waals surface area contributed by atoms with E-state index < -0.39 is 0 Å². The molecular formula is C13H20N4O. The summed E-state index contributed by atoms with van der Waals surface area (Å²) in [6, 6.07) is 1.91. The maximum absolute atomic E-state index is 12.0. The normalized spacial score (nSPS) is 19.7. The molecule has 1 aromatic heterocycles. The van der Waals surface area contributed by atoms with Crippen molar-refractivity contribution >= 4 is 17.3 Å². The van der Waals surface area contributed by atoms with Gasteiger partial charge in [-0.2, -0.15) is 0 Å². The topological polar surface area (TPSA) is 62.5 Å². The molecule has 0 radical (unpaired) electrons. The number of aromatic nitrogens is 1. The zero-order valence-electron chi connectivity index (χ0n) is 11.0. The number of hydrogen-bond donors (Lipinski definition) is 1. The first-order valence-corrected chi connectivity index (χ1v) is 6.25. The summed E-state index contributed by atoms with van der Waals surface area (Å²) in [5.41, 5.74) is 7.60. The van der Waals surface area contributed by atoms with Crippen LogP contribution in [-0.2, 0) is 4.79 Å². The number of carbonyl (C=O) groups excluding carboxylic acids is 1. The van der Waals surface area contributed by atoms with Gasteiger partial charge in [-0.05, 0) is 18.9 Å². The van der Waals surface area contributed by atoms with Crippen molar-refractivity contribution < 1.29 is 4.79 Å². The molecule has 2 N–H and O–H groups in total. The Morgan fingerprint density at radius 3 is 3.00 bits per heavy atom. The summed E-state index contributed by atoms with van der Waals surface area (Å²) in [5, 5.41) is 0. The van der Waals surface area contributed by atoms with Crippen molar-refractivity contribution in [3.05, 3.63) is 18.5 Å². The van der Waals surface area contributed by atoms with E-state index in [-0.39, 0.29) is 11.8 Å². The average molecular weight is 248 g/mol. The van der Waals surface area contributed by atoms with Crippen molar-refractivity contribution in [1.29, 1.82) is 0 Å². The van der Waals surface area contributed by atoms with Gasteiger partial charge in [0, 0.05) is 33.4 Å². The van der Waals surface area contributed by atoms with Gasteiger partial charge in [-0.1, -0.05) is 0 Å². The van der Waals surface area contributed by atoms with Crippen LogP contribution in [0.3, 0.4) is 0 Å². The molecule has 0 aromatic carbocycles. The highest BCUT2D eigenvalue weighted by atomic mass is 16.2. The Hall–Kier alpha value is -1.78. The van der Waals surface area contributed by atoms with Crippen LogP contribution in [0.4, 0.5) is 11.4 Å². The third-order valence-electron chi connectivity index (χ3n) is 3.38. The Labute approximate surface area is 108 Å². The van der Waals surface area contributed by atoms with Crippen molar-refractivity contribution in [2.75, 3.05) is 37.8 Å². The summed E-state index contributed by atoms with van der Waals surface area (Å²) < 4.78 is 0.